The molecule has 1 saturated carbocycles. The molecule has 1 aromatic rings. The van der Waals surface area contributed by atoms with E-state index in [-0.39, 0.29) is 12.2 Å². The van der Waals surface area contributed by atoms with E-state index >= 15 is 0 Å². The number of hydrogen-bond acceptors (Lipinski definition) is 4. The summed E-state index contributed by atoms with van der Waals surface area (Å²) in [5.41, 5.74) is 1.09. The first-order chi connectivity index (χ1) is 12.7. The molecular formula is C19H33N5O2. The van der Waals surface area contributed by atoms with Crippen LogP contribution in [0, 0.1) is 5.92 Å². The lowest BCUT2D eigenvalue weighted by Crippen LogP contribution is -2.48. The summed E-state index contributed by atoms with van der Waals surface area (Å²) < 4.78 is 7.73. The smallest absolute Gasteiger partial charge is 0.194 e. The van der Waals surface area contributed by atoms with Gasteiger partial charge in [-0.25, -0.2) is 0 Å². The zero-order valence-electron chi connectivity index (χ0n) is 16.1. The minimum atomic E-state index is -0.334. The molecule has 26 heavy (non-hydrogen) atoms. The van der Waals surface area contributed by atoms with Gasteiger partial charge in [-0.05, 0) is 25.7 Å². The molecule has 1 aromatic heterocycles. The fourth-order valence-corrected chi connectivity index (χ4v) is 3.92. The normalized spacial score (nSPS) is 23.9. The summed E-state index contributed by atoms with van der Waals surface area (Å²) >= 11 is 0. The average Bonchev–Trinajstić information content (AvgIpc) is 3.12. The molecular weight excluding hydrogens is 330 g/mol. The Morgan fingerprint density at radius 1 is 1.42 bits per heavy atom. The van der Waals surface area contributed by atoms with Gasteiger partial charge in [0.1, 0.15) is 6.10 Å². The molecule has 0 spiro atoms. The number of rotatable bonds is 5. The predicted octanol–water partition coefficient (Wildman–Crippen LogP) is 1.70. The third-order valence-electron chi connectivity index (χ3n) is 5.42. The molecule has 0 radical (unpaired) electrons. The van der Waals surface area contributed by atoms with Crippen molar-refractivity contribution in [3.63, 3.8) is 0 Å². The quantitative estimate of drug-likeness (QED) is 0.615. The van der Waals surface area contributed by atoms with E-state index in [0.29, 0.717) is 19.1 Å². The second kappa shape index (κ2) is 9.37. The summed E-state index contributed by atoms with van der Waals surface area (Å²) in [4.78, 5) is 6.99. The van der Waals surface area contributed by atoms with Crippen LogP contribution in [0.1, 0.15) is 50.7 Å². The molecule has 2 atom stereocenters. The molecule has 0 aromatic carbocycles. The Balaban J connectivity index is 1.62. The van der Waals surface area contributed by atoms with E-state index in [1.54, 1.807) is 4.68 Å². The van der Waals surface area contributed by atoms with Gasteiger partial charge in [-0.1, -0.05) is 19.3 Å². The van der Waals surface area contributed by atoms with Crippen LogP contribution in [0.2, 0.25) is 0 Å². The summed E-state index contributed by atoms with van der Waals surface area (Å²) in [6, 6.07) is 0. The molecule has 2 aliphatic rings. The highest BCUT2D eigenvalue weighted by Gasteiger charge is 2.26. The molecule has 1 aliphatic heterocycles. The van der Waals surface area contributed by atoms with Crippen molar-refractivity contribution in [2.45, 2.75) is 51.2 Å². The fourth-order valence-electron chi connectivity index (χ4n) is 3.92. The van der Waals surface area contributed by atoms with Crippen molar-refractivity contribution < 1.29 is 9.84 Å². The Morgan fingerprint density at radius 2 is 2.23 bits per heavy atom. The van der Waals surface area contributed by atoms with E-state index in [0.717, 1.165) is 44.0 Å². The molecule has 2 N–H and O–H groups in total. The van der Waals surface area contributed by atoms with Gasteiger partial charge in [0.05, 0.1) is 32.0 Å². The Labute approximate surface area is 156 Å². The fraction of sp³-hybridized carbons (Fsp3) is 0.789. The molecule has 1 aliphatic carbocycles. The molecule has 0 bridgehead atoms. The zero-order chi connectivity index (χ0) is 18.4. The molecule has 2 unspecified atom stereocenters. The lowest BCUT2D eigenvalue weighted by molar-refractivity contribution is -0.00818. The second-order valence-corrected chi connectivity index (χ2v) is 7.41. The lowest BCUT2D eigenvalue weighted by Gasteiger charge is -2.35. The molecule has 0 amide bonds. The molecule has 146 valence electrons. The molecule has 7 heteroatoms. The number of morpholine rings is 1. The van der Waals surface area contributed by atoms with Gasteiger partial charge in [-0.2, -0.15) is 5.10 Å². The van der Waals surface area contributed by atoms with Crippen LogP contribution in [-0.4, -0.2) is 64.6 Å². The number of aliphatic hydroxyl groups excluding tert-OH is 1. The number of guanidine groups is 1. The summed E-state index contributed by atoms with van der Waals surface area (Å²) in [7, 11) is 1.92. The van der Waals surface area contributed by atoms with Crippen molar-refractivity contribution in [3.05, 3.63) is 18.0 Å². The minimum Gasteiger partial charge on any atom is -0.391 e. The van der Waals surface area contributed by atoms with Crippen molar-refractivity contribution in [3.8, 4) is 0 Å². The Bertz CT molecular complexity index is 582. The van der Waals surface area contributed by atoms with E-state index < -0.39 is 0 Å². The van der Waals surface area contributed by atoms with Crippen LogP contribution < -0.4 is 5.32 Å². The van der Waals surface area contributed by atoms with E-state index in [2.05, 4.69) is 22.2 Å². The average molecular weight is 364 g/mol. The molecule has 1 saturated heterocycles. The van der Waals surface area contributed by atoms with E-state index in [1.165, 1.54) is 19.3 Å². The van der Waals surface area contributed by atoms with Gasteiger partial charge < -0.3 is 20.1 Å². The van der Waals surface area contributed by atoms with Crippen molar-refractivity contribution in [1.29, 1.82) is 0 Å². The minimum absolute atomic E-state index is 0.00424. The van der Waals surface area contributed by atoms with Crippen molar-refractivity contribution in [2.24, 2.45) is 18.0 Å². The molecule has 2 fully saturated rings. The van der Waals surface area contributed by atoms with Gasteiger partial charge in [0.2, 0.25) is 0 Å². The molecule has 7 nitrogen and oxygen atoms in total. The SMILES string of the molecule is CCNC(=NCC(O)C1CCCCC1)N1CCOC(c2cnn(C)c2)C1. The lowest BCUT2D eigenvalue weighted by atomic mass is 9.85. The van der Waals surface area contributed by atoms with Crippen molar-refractivity contribution in [2.75, 3.05) is 32.8 Å². The Kier molecular flexibility index (Phi) is 6.91. The number of nitrogens with zero attached hydrogens (tertiary/aromatic N) is 4. The van der Waals surface area contributed by atoms with Crippen LogP contribution in [0.15, 0.2) is 17.4 Å². The maximum absolute atomic E-state index is 10.5. The predicted molar refractivity (Wildman–Crippen MR) is 102 cm³/mol. The van der Waals surface area contributed by atoms with Crippen LogP contribution in [0.25, 0.3) is 0 Å². The summed E-state index contributed by atoms with van der Waals surface area (Å²) in [5.74, 6) is 1.28. The van der Waals surface area contributed by atoms with E-state index in [9.17, 15) is 5.11 Å². The first-order valence-corrected chi connectivity index (χ1v) is 9.99. The standard InChI is InChI=1S/C19H33N5O2/c1-3-20-19(21-12-17(25)15-7-5-4-6-8-15)24-9-10-26-18(14-24)16-11-22-23(2)13-16/h11,13,15,17-18,25H,3-10,12,14H2,1-2H3,(H,20,21). The number of ether oxygens (including phenoxy) is 1. The maximum atomic E-state index is 10.5. The highest BCUT2D eigenvalue weighted by Crippen LogP contribution is 2.27. The van der Waals surface area contributed by atoms with Crippen molar-refractivity contribution >= 4 is 5.96 Å². The molecule has 3 rings (SSSR count). The van der Waals surface area contributed by atoms with Gasteiger partial charge in [0.25, 0.3) is 0 Å². The number of aliphatic hydroxyl groups is 1. The molecule has 2 heterocycles. The van der Waals surface area contributed by atoms with Crippen LogP contribution >= 0.6 is 0 Å². The monoisotopic (exact) mass is 363 g/mol. The van der Waals surface area contributed by atoms with E-state index in [1.807, 2.05) is 19.4 Å². The number of aryl methyl sites for hydroxylation is 1. The van der Waals surface area contributed by atoms with Crippen LogP contribution in [0.3, 0.4) is 0 Å². The van der Waals surface area contributed by atoms with Gasteiger partial charge in [0.15, 0.2) is 5.96 Å². The number of aromatic nitrogens is 2. The van der Waals surface area contributed by atoms with Crippen LogP contribution in [-0.2, 0) is 11.8 Å². The Hall–Kier alpha value is -1.60. The number of hydrogen-bond donors (Lipinski definition) is 2. The third kappa shape index (κ3) is 4.98. The summed E-state index contributed by atoms with van der Waals surface area (Å²) in [6.45, 7) is 5.58. The zero-order valence-corrected chi connectivity index (χ0v) is 16.1. The largest absolute Gasteiger partial charge is 0.391 e. The second-order valence-electron chi connectivity index (χ2n) is 7.41. The number of nitrogens with one attached hydrogen (secondary N) is 1. The van der Waals surface area contributed by atoms with Crippen LogP contribution in [0.4, 0.5) is 0 Å². The Morgan fingerprint density at radius 3 is 2.92 bits per heavy atom. The van der Waals surface area contributed by atoms with Gasteiger partial charge in [-0.15, -0.1) is 0 Å². The summed E-state index contributed by atoms with van der Waals surface area (Å²) in [6.07, 6.45) is 9.59. The van der Waals surface area contributed by atoms with Crippen molar-refractivity contribution in [1.82, 2.24) is 20.0 Å². The van der Waals surface area contributed by atoms with Gasteiger partial charge in [0, 0.05) is 31.9 Å². The van der Waals surface area contributed by atoms with E-state index in [4.69, 9.17) is 9.73 Å². The maximum Gasteiger partial charge on any atom is 0.194 e. The first-order valence-electron chi connectivity index (χ1n) is 9.99. The topological polar surface area (TPSA) is 74.9 Å². The summed E-state index contributed by atoms with van der Waals surface area (Å²) in [5, 5.41) is 18.2. The van der Waals surface area contributed by atoms with Crippen LogP contribution in [0.5, 0.6) is 0 Å². The first kappa shape index (κ1) is 19.2. The third-order valence-corrected chi connectivity index (χ3v) is 5.42. The van der Waals surface area contributed by atoms with Gasteiger partial charge in [-0.3, -0.25) is 9.67 Å². The highest BCUT2D eigenvalue weighted by molar-refractivity contribution is 5.80. The highest BCUT2D eigenvalue weighted by atomic mass is 16.5. The van der Waals surface area contributed by atoms with Gasteiger partial charge >= 0.3 is 0 Å². The number of aliphatic imine (C=N–C) groups is 1.